The van der Waals surface area contributed by atoms with Crippen molar-refractivity contribution in [3.63, 3.8) is 0 Å². The van der Waals surface area contributed by atoms with Gasteiger partial charge in [0.05, 0.1) is 0 Å². The molecule has 5 nitrogen and oxygen atoms in total. The van der Waals surface area contributed by atoms with Gasteiger partial charge in [-0.1, -0.05) is 17.2 Å². The van der Waals surface area contributed by atoms with Crippen molar-refractivity contribution in [2.75, 3.05) is 11.9 Å². The van der Waals surface area contributed by atoms with Crippen molar-refractivity contribution in [2.45, 2.75) is 12.3 Å². The van der Waals surface area contributed by atoms with Gasteiger partial charge in [0, 0.05) is 12.3 Å². The van der Waals surface area contributed by atoms with Gasteiger partial charge in [0.2, 0.25) is 5.89 Å². The third-order valence-corrected chi connectivity index (χ3v) is 2.42. The molecule has 2 rings (SSSR count). The number of benzene rings is 1. The lowest BCUT2D eigenvalue weighted by Crippen LogP contribution is -1.93. The number of aliphatic hydroxyl groups is 1. The summed E-state index contributed by atoms with van der Waals surface area (Å²) >= 11 is 5.55. The van der Waals surface area contributed by atoms with Gasteiger partial charge < -0.3 is 14.8 Å². The Hall–Kier alpha value is -1.59. The first kappa shape index (κ1) is 11.9. The van der Waals surface area contributed by atoms with Crippen molar-refractivity contribution >= 4 is 23.3 Å². The SMILES string of the molecule is OCCc1ccc(Nc2nnc(CCl)o2)cc1. The van der Waals surface area contributed by atoms with E-state index in [9.17, 15) is 0 Å². The number of nitrogens with one attached hydrogen (secondary N) is 1. The monoisotopic (exact) mass is 253 g/mol. The Bertz CT molecular complexity index is 470. The van der Waals surface area contributed by atoms with E-state index in [0.717, 1.165) is 11.3 Å². The molecular weight excluding hydrogens is 242 g/mol. The predicted molar refractivity (Wildman–Crippen MR) is 64.4 cm³/mol. The van der Waals surface area contributed by atoms with Gasteiger partial charge in [-0.05, 0) is 24.1 Å². The molecule has 90 valence electrons. The van der Waals surface area contributed by atoms with Crippen molar-refractivity contribution in [3.05, 3.63) is 35.7 Å². The van der Waals surface area contributed by atoms with Crippen LogP contribution in [0.25, 0.3) is 0 Å². The lowest BCUT2D eigenvalue weighted by Gasteiger charge is -2.02. The van der Waals surface area contributed by atoms with Gasteiger partial charge in [-0.2, -0.15) is 0 Å². The number of aliphatic hydroxyl groups excluding tert-OH is 1. The summed E-state index contributed by atoms with van der Waals surface area (Å²) in [6.45, 7) is 0.148. The summed E-state index contributed by atoms with van der Waals surface area (Å²) in [7, 11) is 0. The minimum Gasteiger partial charge on any atom is -0.407 e. The van der Waals surface area contributed by atoms with Crippen LogP contribution in [-0.2, 0) is 12.3 Å². The number of hydrogen-bond donors (Lipinski definition) is 2. The van der Waals surface area contributed by atoms with Crippen molar-refractivity contribution in [1.82, 2.24) is 10.2 Å². The molecule has 0 saturated carbocycles. The highest BCUT2D eigenvalue weighted by molar-refractivity contribution is 6.16. The number of anilines is 2. The molecule has 0 unspecified atom stereocenters. The zero-order valence-corrected chi connectivity index (χ0v) is 9.81. The van der Waals surface area contributed by atoms with Gasteiger partial charge in [-0.25, -0.2) is 0 Å². The third kappa shape index (κ3) is 3.18. The first-order chi connectivity index (χ1) is 8.31. The zero-order valence-electron chi connectivity index (χ0n) is 9.06. The molecule has 0 aliphatic rings. The van der Waals surface area contributed by atoms with E-state index in [1.165, 1.54) is 0 Å². The molecule has 0 saturated heterocycles. The molecule has 1 aromatic heterocycles. The molecule has 0 fully saturated rings. The van der Waals surface area contributed by atoms with E-state index in [4.69, 9.17) is 21.1 Å². The second-order valence-electron chi connectivity index (χ2n) is 3.43. The summed E-state index contributed by atoms with van der Waals surface area (Å²) in [6, 6.07) is 7.94. The second-order valence-corrected chi connectivity index (χ2v) is 3.70. The first-order valence-electron chi connectivity index (χ1n) is 5.17. The van der Waals surface area contributed by atoms with Crippen LogP contribution in [0.1, 0.15) is 11.5 Å². The van der Waals surface area contributed by atoms with Crippen molar-refractivity contribution in [3.8, 4) is 0 Å². The molecule has 0 spiro atoms. The van der Waals surface area contributed by atoms with Gasteiger partial charge in [-0.15, -0.1) is 16.7 Å². The van der Waals surface area contributed by atoms with Crippen LogP contribution in [-0.4, -0.2) is 21.9 Å². The van der Waals surface area contributed by atoms with Crippen LogP contribution in [0.2, 0.25) is 0 Å². The van der Waals surface area contributed by atoms with Crippen molar-refractivity contribution in [1.29, 1.82) is 0 Å². The summed E-state index contributed by atoms with van der Waals surface area (Å²) < 4.78 is 5.21. The molecule has 6 heteroatoms. The third-order valence-electron chi connectivity index (χ3n) is 2.19. The highest BCUT2D eigenvalue weighted by atomic mass is 35.5. The summed E-state index contributed by atoms with van der Waals surface area (Å²) in [5, 5.41) is 19.3. The number of rotatable bonds is 5. The fourth-order valence-corrected chi connectivity index (χ4v) is 1.47. The van der Waals surface area contributed by atoms with Crippen LogP contribution in [0.4, 0.5) is 11.7 Å². The summed E-state index contributed by atoms with van der Waals surface area (Å²) in [6.07, 6.45) is 0.650. The number of aromatic nitrogens is 2. The van der Waals surface area contributed by atoms with E-state index in [1.807, 2.05) is 24.3 Å². The van der Waals surface area contributed by atoms with E-state index in [2.05, 4.69) is 15.5 Å². The maximum absolute atomic E-state index is 8.79. The summed E-state index contributed by atoms with van der Waals surface area (Å²) in [5.74, 6) is 0.579. The maximum atomic E-state index is 8.79. The number of halogens is 1. The molecule has 2 N–H and O–H groups in total. The quantitative estimate of drug-likeness (QED) is 0.799. The van der Waals surface area contributed by atoms with E-state index in [0.29, 0.717) is 18.3 Å². The van der Waals surface area contributed by atoms with Gasteiger partial charge in [0.25, 0.3) is 0 Å². The van der Waals surface area contributed by atoms with Crippen LogP contribution in [0, 0.1) is 0 Å². The Labute approximate surface area is 103 Å². The fraction of sp³-hybridized carbons (Fsp3) is 0.273. The molecular formula is C11H12ClN3O2. The molecule has 0 bridgehead atoms. The molecule has 0 radical (unpaired) electrons. The Morgan fingerprint density at radius 3 is 2.59 bits per heavy atom. The molecule has 0 aliphatic heterocycles. The van der Waals surface area contributed by atoms with Crippen molar-refractivity contribution in [2.24, 2.45) is 0 Å². The van der Waals surface area contributed by atoms with E-state index in [-0.39, 0.29) is 12.5 Å². The molecule has 0 aliphatic carbocycles. The Kier molecular flexibility index (Phi) is 3.95. The van der Waals surface area contributed by atoms with Gasteiger partial charge in [-0.3, -0.25) is 0 Å². The van der Waals surface area contributed by atoms with Crippen LogP contribution in [0.5, 0.6) is 0 Å². The normalized spacial score (nSPS) is 10.5. The van der Waals surface area contributed by atoms with Gasteiger partial charge in [0.1, 0.15) is 5.88 Å². The molecule has 2 aromatic rings. The fourth-order valence-electron chi connectivity index (χ4n) is 1.37. The van der Waals surface area contributed by atoms with Crippen LogP contribution in [0.3, 0.4) is 0 Å². The number of hydrogen-bond acceptors (Lipinski definition) is 5. The second kappa shape index (κ2) is 5.65. The summed E-state index contributed by atoms with van der Waals surface area (Å²) in [5.41, 5.74) is 1.92. The summed E-state index contributed by atoms with van der Waals surface area (Å²) in [4.78, 5) is 0. The molecule has 1 heterocycles. The van der Waals surface area contributed by atoms with E-state index >= 15 is 0 Å². The highest BCUT2D eigenvalue weighted by Gasteiger charge is 2.04. The van der Waals surface area contributed by atoms with Crippen LogP contribution < -0.4 is 5.32 Å². The average molecular weight is 254 g/mol. The number of nitrogens with zero attached hydrogens (tertiary/aromatic N) is 2. The molecule has 1 aromatic carbocycles. The molecule has 0 atom stereocenters. The first-order valence-corrected chi connectivity index (χ1v) is 5.70. The number of alkyl halides is 1. The Morgan fingerprint density at radius 1 is 1.24 bits per heavy atom. The minimum atomic E-state index is 0.148. The molecule has 0 amide bonds. The standard InChI is InChI=1S/C11H12ClN3O2/c12-7-10-14-15-11(17-10)13-9-3-1-8(2-4-9)5-6-16/h1-4,16H,5-7H2,(H,13,15). The lowest BCUT2D eigenvalue weighted by molar-refractivity contribution is 0.299. The Balaban J connectivity index is 2.03. The maximum Gasteiger partial charge on any atom is 0.320 e. The molecule has 17 heavy (non-hydrogen) atoms. The lowest BCUT2D eigenvalue weighted by atomic mass is 10.1. The Morgan fingerprint density at radius 2 is 2.00 bits per heavy atom. The van der Waals surface area contributed by atoms with Gasteiger partial charge in [0.15, 0.2) is 0 Å². The smallest absolute Gasteiger partial charge is 0.320 e. The predicted octanol–water partition coefficient (Wildman–Crippen LogP) is 2.09. The largest absolute Gasteiger partial charge is 0.407 e. The van der Waals surface area contributed by atoms with Crippen LogP contribution in [0.15, 0.2) is 28.7 Å². The van der Waals surface area contributed by atoms with E-state index < -0.39 is 0 Å². The minimum absolute atomic E-state index is 0.148. The average Bonchev–Trinajstić information content (AvgIpc) is 2.80. The zero-order chi connectivity index (χ0) is 12.1. The van der Waals surface area contributed by atoms with Crippen LogP contribution >= 0.6 is 11.6 Å². The van der Waals surface area contributed by atoms with E-state index in [1.54, 1.807) is 0 Å². The van der Waals surface area contributed by atoms with Gasteiger partial charge >= 0.3 is 6.01 Å². The topological polar surface area (TPSA) is 71.2 Å². The highest BCUT2D eigenvalue weighted by Crippen LogP contribution is 2.16. The van der Waals surface area contributed by atoms with Crippen molar-refractivity contribution < 1.29 is 9.52 Å².